The molecule has 11 rings (SSSR count). The summed E-state index contributed by atoms with van der Waals surface area (Å²) in [4.78, 5) is 4.24. The van der Waals surface area contributed by atoms with Gasteiger partial charge in [-0.2, -0.15) is 0 Å². The van der Waals surface area contributed by atoms with Crippen molar-refractivity contribution >= 4 is 65.6 Å². The summed E-state index contributed by atoms with van der Waals surface area (Å²) in [5.74, 6) is 0. The Balaban J connectivity index is 1.06. The molecule has 4 heteroatoms. The lowest BCUT2D eigenvalue weighted by atomic mass is 10.0. The number of aromatic nitrogens is 3. The second-order valence-electron chi connectivity index (χ2n) is 13.2. The highest BCUT2D eigenvalue weighted by Crippen LogP contribution is 2.39. The minimum atomic E-state index is 0.807. The number of fused-ring (bicyclic) bond motifs is 9. The number of benzene rings is 7. The fourth-order valence-electron chi connectivity index (χ4n) is 8.07. The molecule has 0 saturated carbocycles. The maximum atomic E-state index is 6.06. The van der Waals surface area contributed by atoms with Gasteiger partial charge in [0.05, 0.1) is 28.3 Å². The Labute approximate surface area is 293 Å². The SMILES string of the molecule is c1ccc(-n2c3ccccc3c3cc(-c4ccc5c(c4)c4ccccc4n5-c4cccc(-c5ccc6oc7cnccc7c6c5)c4)ccc32)cc1. The predicted molar refractivity (Wildman–Crippen MR) is 211 cm³/mol. The lowest BCUT2D eigenvalue weighted by molar-refractivity contribution is 0.667. The standard InChI is InChI=1S/C47H29N3O/c1-2-10-34(11-3-1)49-42-15-6-4-13-36(42)39-26-31(17-20-44(39)49)32-18-21-45-40(27-32)37-14-5-7-16-43(37)50(45)35-12-8-9-30(25-35)33-19-22-46-41(28-33)38-23-24-48-29-47(38)51-46/h1-29H. The molecule has 4 aromatic heterocycles. The molecule has 0 aliphatic carbocycles. The third-order valence-electron chi connectivity index (χ3n) is 10.4. The van der Waals surface area contributed by atoms with Crippen molar-refractivity contribution in [1.82, 2.24) is 14.1 Å². The van der Waals surface area contributed by atoms with Crippen LogP contribution in [-0.2, 0) is 0 Å². The topological polar surface area (TPSA) is 35.9 Å². The van der Waals surface area contributed by atoms with Gasteiger partial charge in [-0.1, -0.05) is 84.9 Å². The molecule has 51 heavy (non-hydrogen) atoms. The van der Waals surface area contributed by atoms with Crippen LogP contribution in [0.1, 0.15) is 0 Å². The van der Waals surface area contributed by atoms with Crippen molar-refractivity contribution in [2.75, 3.05) is 0 Å². The van der Waals surface area contributed by atoms with E-state index in [1.54, 1.807) is 6.20 Å². The van der Waals surface area contributed by atoms with Crippen molar-refractivity contribution in [1.29, 1.82) is 0 Å². The van der Waals surface area contributed by atoms with Crippen LogP contribution in [0, 0.1) is 0 Å². The summed E-state index contributed by atoms with van der Waals surface area (Å²) in [7, 11) is 0. The van der Waals surface area contributed by atoms with Crippen LogP contribution in [0.15, 0.2) is 181 Å². The second kappa shape index (κ2) is 10.8. The van der Waals surface area contributed by atoms with Gasteiger partial charge in [0.15, 0.2) is 5.58 Å². The predicted octanol–water partition coefficient (Wildman–Crippen LogP) is 12.5. The molecule has 0 radical (unpaired) electrons. The monoisotopic (exact) mass is 651 g/mol. The van der Waals surface area contributed by atoms with E-state index in [0.29, 0.717) is 0 Å². The summed E-state index contributed by atoms with van der Waals surface area (Å²) in [6.45, 7) is 0. The summed E-state index contributed by atoms with van der Waals surface area (Å²) in [5.41, 5.74) is 13.5. The molecular weight excluding hydrogens is 623 g/mol. The normalized spacial score (nSPS) is 11.9. The van der Waals surface area contributed by atoms with E-state index in [2.05, 4.69) is 172 Å². The molecule has 4 heterocycles. The van der Waals surface area contributed by atoms with E-state index in [-0.39, 0.29) is 0 Å². The van der Waals surface area contributed by atoms with Crippen LogP contribution in [0.5, 0.6) is 0 Å². The first-order valence-corrected chi connectivity index (χ1v) is 17.3. The molecule has 0 amide bonds. The molecule has 0 N–H and O–H groups in total. The molecule has 0 spiro atoms. The molecule has 0 saturated heterocycles. The maximum absolute atomic E-state index is 6.06. The quantitative estimate of drug-likeness (QED) is 0.190. The van der Waals surface area contributed by atoms with Gasteiger partial charge < -0.3 is 13.6 Å². The van der Waals surface area contributed by atoms with Crippen molar-refractivity contribution in [2.45, 2.75) is 0 Å². The zero-order valence-electron chi connectivity index (χ0n) is 27.5. The largest absolute Gasteiger partial charge is 0.454 e. The Hall–Kier alpha value is -6.91. The molecule has 0 atom stereocenters. The maximum Gasteiger partial charge on any atom is 0.153 e. The van der Waals surface area contributed by atoms with Gasteiger partial charge in [0.1, 0.15) is 5.58 Å². The van der Waals surface area contributed by atoms with E-state index < -0.39 is 0 Å². The number of furan rings is 1. The van der Waals surface area contributed by atoms with Crippen molar-refractivity contribution < 1.29 is 4.42 Å². The Morgan fingerprint density at radius 3 is 1.61 bits per heavy atom. The van der Waals surface area contributed by atoms with Crippen molar-refractivity contribution in [3.8, 4) is 33.6 Å². The van der Waals surface area contributed by atoms with Gasteiger partial charge in [-0.15, -0.1) is 0 Å². The highest BCUT2D eigenvalue weighted by Gasteiger charge is 2.17. The third-order valence-corrected chi connectivity index (χ3v) is 10.4. The van der Waals surface area contributed by atoms with Crippen LogP contribution in [0.2, 0.25) is 0 Å². The smallest absolute Gasteiger partial charge is 0.153 e. The van der Waals surface area contributed by atoms with E-state index >= 15 is 0 Å². The van der Waals surface area contributed by atoms with E-state index in [4.69, 9.17) is 4.42 Å². The molecule has 0 aliphatic heterocycles. The van der Waals surface area contributed by atoms with Crippen LogP contribution in [0.3, 0.4) is 0 Å². The number of rotatable bonds is 4. The van der Waals surface area contributed by atoms with E-state index in [9.17, 15) is 0 Å². The highest BCUT2D eigenvalue weighted by atomic mass is 16.3. The average Bonchev–Trinajstić information content (AvgIpc) is 3.85. The third kappa shape index (κ3) is 4.23. The molecule has 11 aromatic rings. The molecule has 0 unspecified atom stereocenters. The number of pyridine rings is 1. The lowest BCUT2D eigenvalue weighted by Crippen LogP contribution is -1.94. The van der Waals surface area contributed by atoms with E-state index in [1.807, 2.05) is 12.3 Å². The number of nitrogens with zero attached hydrogens (tertiary/aromatic N) is 3. The van der Waals surface area contributed by atoms with Gasteiger partial charge in [0.25, 0.3) is 0 Å². The fraction of sp³-hybridized carbons (Fsp3) is 0. The number of hydrogen-bond acceptors (Lipinski definition) is 2. The van der Waals surface area contributed by atoms with Crippen molar-refractivity contribution in [3.05, 3.63) is 176 Å². The Kier molecular flexibility index (Phi) is 5.92. The van der Waals surface area contributed by atoms with Gasteiger partial charge in [-0.3, -0.25) is 4.98 Å². The molecule has 4 nitrogen and oxygen atoms in total. The summed E-state index contributed by atoms with van der Waals surface area (Å²) < 4.78 is 10.8. The summed E-state index contributed by atoms with van der Waals surface area (Å²) >= 11 is 0. The van der Waals surface area contributed by atoms with Crippen LogP contribution in [0.4, 0.5) is 0 Å². The number of para-hydroxylation sites is 3. The van der Waals surface area contributed by atoms with E-state index in [0.717, 1.165) is 38.8 Å². The van der Waals surface area contributed by atoms with Crippen LogP contribution in [-0.4, -0.2) is 14.1 Å². The van der Waals surface area contributed by atoms with Crippen LogP contribution < -0.4 is 0 Å². The van der Waals surface area contributed by atoms with Gasteiger partial charge >= 0.3 is 0 Å². The van der Waals surface area contributed by atoms with E-state index in [1.165, 1.54) is 60.4 Å². The zero-order chi connectivity index (χ0) is 33.5. The Morgan fingerprint density at radius 2 is 0.902 bits per heavy atom. The fourth-order valence-corrected chi connectivity index (χ4v) is 8.07. The molecule has 0 bridgehead atoms. The molecule has 0 aliphatic rings. The molecule has 0 fully saturated rings. The van der Waals surface area contributed by atoms with Crippen molar-refractivity contribution in [3.63, 3.8) is 0 Å². The summed E-state index contributed by atoms with van der Waals surface area (Å²) in [6, 6.07) is 59.2. The van der Waals surface area contributed by atoms with Crippen LogP contribution >= 0.6 is 0 Å². The minimum Gasteiger partial charge on any atom is -0.454 e. The molecule has 238 valence electrons. The average molecular weight is 652 g/mol. The zero-order valence-corrected chi connectivity index (χ0v) is 27.5. The summed E-state index contributed by atoms with van der Waals surface area (Å²) in [6.07, 6.45) is 3.60. The lowest BCUT2D eigenvalue weighted by Gasteiger charge is -2.11. The van der Waals surface area contributed by atoms with Crippen molar-refractivity contribution in [2.24, 2.45) is 0 Å². The summed E-state index contributed by atoms with van der Waals surface area (Å²) in [5, 5.41) is 7.17. The Bertz CT molecular complexity index is 3140. The number of hydrogen-bond donors (Lipinski definition) is 0. The van der Waals surface area contributed by atoms with Crippen LogP contribution in [0.25, 0.3) is 99.2 Å². The molecular formula is C47H29N3O. The minimum absolute atomic E-state index is 0.807. The van der Waals surface area contributed by atoms with Gasteiger partial charge in [0, 0.05) is 49.9 Å². The first kappa shape index (κ1) is 28.0. The highest BCUT2D eigenvalue weighted by molar-refractivity contribution is 6.13. The molecule has 7 aromatic carbocycles. The second-order valence-corrected chi connectivity index (χ2v) is 13.2. The van der Waals surface area contributed by atoms with Gasteiger partial charge in [-0.25, -0.2) is 0 Å². The van der Waals surface area contributed by atoms with Gasteiger partial charge in [0.2, 0.25) is 0 Å². The van der Waals surface area contributed by atoms with Gasteiger partial charge in [-0.05, 0) is 101 Å². The Morgan fingerprint density at radius 1 is 0.353 bits per heavy atom. The first-order valence-electron chi connectivity index (χ1n) is 17.3. The first-order chi connectivity index (χ1) is 25.3.